The Labute approximate surface area is 134 Å². The van der Waals surface area contributed by atoms with Gasteiger partial charge in [0.1, 0.15) is 4.90 Å². The molecule has 2 N–H and O–H groups in total. The smallest absolute Gasteiger partial charge is 0.256 e. The summed E-state index contributed by atoms with van der Waals surface area (Å²) in [6, 6.07) is 2.53. The van der Waals surface area contributed by atoms with E-state index in [9.17, 15) is 13.2 Å². The second kappa shape index (κ2) is 6.12. The van der Waals surface area contributed by atoms with Crippen molar-refractivity contribution in [3.05, 3.63) is 27.7 Å². The highest BCUT2D eigenvalue weighted by atomic mass is 35.5. The average molecular weight is 351 g/mol. The zero-order valence-electron chi connectivity index (χ0n) is 11.5. The highest BCUT2D eigenvalue weighted by Gasteiger charge is 2.28. The number of nitrogens with zero attached hydrogens (tertiary/aromatic N) is 1. The van der Waals surface area contributed by atoms with Gasteiger partial charge in [0.15, 0.2) is 0 Å². The molecule has 1 aromatic carbocycles. The molecule has 21 heavy (non-hydrogen) atoms. The van der Waals surface area contributed by atoms with Crippen LogP contribution in [0, 0.1) is 5.92 Å². The van der Waals surface area contributed by atoms with Gasteiger partial charge >= 0.3 is 0 Å². The van der Waals surface area contributed by atoms with E-state index >= 15 is 0 Å². The Morgan fingerprint density at radius 3 is 2.38 bits per heavy atom. The summed E-state index contributed by atoms with van der Waals surface area (Å²) in [5.74, 6) is 0.207. The molecule has 1 saturated heterocycles. The molecule has 8 heteroatoms. The molecule has 1 aromatic rings. The predicted molar refractivity (Wildman–Crippen MR) is 82.1 cm³/mol. The number of amides is 1. The van der Waals surface area contributed by atoms with Crippen molar-refractivity contribution >= 4 is 39.1 Å². The Balaban J connectivity index is 2.41. The van der Waals surface area contributed by atoms with Crippen LogP contribution < -0.4 is 5.14 Å². The summed E-state index contributed by atoms with van der Waals surface area (Å²) in [5, 5.41) is 5.00. The van der Waals surface area contributed by atoms with Crippen LogP contribution in [0.5, 0.6) is 0 Å². The molecule has 0 saturated carbocycles. The predicted octanol–water partition coefficient (Wildman–Crippen LogP) is 2.51. The van der Waals surface area contributed by atoms with Gasteiger partial charge in [-0.2, -0.15) is 0 Å². The van der Waals surface area contributed by atoms with Crippen LogP contribution in [0.4, 0.5) is 0 Å². The fraction of sp³-hybridized carbons (Fsp3) is 0.462. The van der Waals surface area contributed by atoms with E-state index in [4.69, 9.17) is 28.3 Å². The molecule has 0 bridgehead atoms. The third kappa shape index (κ3) is 3.51. The maximum absolute atomic E-state index is 12.5. The first kappa shape index (κ1) is 16.5. The molecule has 0 aromatic heterocycles. The number of halogens is 2. The normalized spacial score (nSPS) is 17.0. The summed E-state index contributed by atoms with van der Waals surface area (Å²) in [5.41, 5.74) is -0.000545. The summed E-state index contributed by atoms with van der Waals surface area (Å²) in [7, 11) is -4.01. The molecule has 0 aliphatic carbocycles. The second-order valence-corrected chi connectivity index (χ2v) is 7.57. The third-order valence-corrected chi connectivity index (χ3v) is 5.42. The Hall–Kier alpha value is -0.820. The molecule has 116 valence electrons. The first-order valence-electron chi connectivity index (χ1n) is 6.52. The molecule has 1 fully saturated rings. The van der Waals surface area contributed by atoms with Gasteiger partial charge in [-0.05, 0) is 30.9 Å². The summed E-state index contributed by atoms with van der Waals surface area (Å²) < 4.78 is 23.0. The summed E-state index contributed by atoms with van der Waals surface area (Å²) in [6.07, 6.45) is 1.80. The molecule has 0 spiro atoms. The number of benzene rings is 1. The van der Waals surface area contributed by atoms with Crippen molar-refractivity contribution in [1.82, 2.24) is 4.90 Å². The van der Waals surface area contributed by atoms with Gasteiger partial charge in [0.25, 0.3) is 5.91 Å². The van der Waals surface area contributed by atoms with Crippen LogP contribution in [0.3, 0.4) is 0 Å². The van der Waals surface area contributed by atoms with Crippen molar-refractivity contribution in [2.45, 2.75) is 24.7 Å². The van der Waals surface area contributed by atoms with E-state index in [1.807, 2.05) is 0 Å². The molecule has 1 amide bonds. The van der Waals surface area contributed by atoms with Gasteiger partial charge in [-0.25, -0.2) is 13.6 Å². The maximum Gasteiger partial charge on any atom is 0.256 e. The van der Waals surface area contributed by atoms with Gasteiger partial charge < -0.3 is 4.90 Å². The quantitative estimate of drug-likeness (QED) is 0.889. The number of rotatable bonds is 2. The lowest BCUT2D eigenvalue weighted by atomic mass is 9.98. The second-order valence-electron chi connectivity index (χ2n) is 5.25. The van der Waals surface area contributed by atoms with Crippen molar-refractivity contribution in [1.29, 1.82) is 0 Å². The van der Waals surface area contributed by atoms with E-state index in [0.29, 0.717) is 19.0 Å². The first-order chi connectivity index (χ1) is 9.71. The van der Waals surface area contributed by atoms with Gasteiger partial charge in [-0.3, -0.25) is 4.79 Å². The summed E-state index contributed by atoms with van der Waals surface area (Å²) >= 11 is 12.1. The molecule has 0 atom stereocenters. The Morgan fingerprint density at radius 2 is 1.86 bits per heavy atom. The zero-order chi connectivity index (χ0) is 15.8. The largest absolute Gasteiger partial charge is 0.339 e. The number of nitrogens with two attached hydrogens (primary N) is 1. The van der Waals surface area contributed by atoms with E-state index in [-0.39, 0.29) is 26.4 Å². The number of sulfonamides is 1. The average Bonchev–Trinajstić information content (AvgIpc) is 2.37. The van der Waals surface area contributed by atoms with Crippen molar-refractivity contribution in [3.8, 4) is 0 Å². The van der Waals surface area contributed by atoms with Crippen LogP contribution in [-0.4, -0.2) is 32.3 Å². The number of piperidine rings is 1. The SMILES string of the molecule is CC1CCN(C(=O)c2c(Cl)ccc(S(N)(=O)=O)c2Cl)CC1. The molecular weight excluding hydrogens is 335 g/mol. The molecule has 2 rings (SSSR count). The van der Waals surface area contributed by atoms with E-state index in [2.05, 4.69) is 6.92 Å². The first-order valence-corrected chi connectivity index (χ1v) is 8.82. The van der Waals surface area contributed by atoms with Gasteiger partial charge in [0.2, 0.25) is 10.0 Å². The van der Waals surface area contributed by atoms with E-state index < -0.39 is 10.0 Å². The van der Waals surface area contributed by atoms with Gasteiger partial charge in [0.05, 0.1) is 15.6 Å². The minimum Gasteiger partial charge on any atom is -0.339 e. The molecule has 0 radical (unpaired) electrons. The van der Waals surface area contributed by atoms with E-state index in [1.165, 1.54) is 12.1 Å². The maximum atomic E-state index is 12.5. The van der Waals surface area contributed by atoms with E-state index in [1.54, 1.807) is 4.90 Å². The number of hydrogen-bond donors (Lipinski definition) is 1. The Kier molecular flexibility index (Phi) is 4.82. The lowest BCUT2D eigenvalue weighted by Crippen LogP contribution is -2.38. The molecular formula is C13H16Cl2N2O3S. The highest BCUT2D eigenvalue weighted by molar-refractivity contribution is 7.89. The zero-order valence-corrected chi connectivity index (χ0v) is 13.8. The Bertz CT molecular complexity index is 668. The number of primary sulfonamides is 1. The van der Waals surface area contributed by atoms with Gasteiger partial charge in [0, 0.05) is 13.1 Å². The van der Waals surface area contributed by atoms with Crippen LogP contribution in [0.2, 0.25) is 10.0 Å². The third-order valence-electron chi connectivity index (χ3n) is 3.65. The van der Waals surface area contributed by atoms with Crippen LogP contribution in [0.15, 0.2) is 17.0 Å². The van der Waals surface area contributed by atoms with E-state index in [0.717, 1.165) is 12.8 Å². The standard InChI is InChI=1S/C13H16Cl2N2O3S/c1-8-4-6-17(7-5-8)13(18)11-9(14)2-3-10(12(11)15)21(16,19)20/h2-3,8H,4-7H2,1H3,(H2,16,19,20). The number of likely N-dealkylation sites (tertiary alicyclic amines) is 1. The van der Waals surface area contributed by atoms with Gasteiger partial charge in [-0.15, -0.1) is 0 Å². The minimum atomic E-state index is -4.01. The van der Waals surface area contributed by atoms with Gasteiger partial charge in [-0.1, -0.05) is 30.1 Å². The van der Waals surface area contributed by atoms with Crippen LogP contribution in [0.1, 0.15) is 30.1 Å². The lowest BCUT2D eigenvalue weighted by molar-refractivity contribution is 0.0697. The molecule has 1 aliphatic heterocycles. The molecule has 1 heterocycles. The number of carbonyl (C=O) groups excluding carboxylic acids is 1. The molecule has 1 aliphatic rings. The van der Waals surface area contributed by atoms with Crippen molar-refractivity contribution in [2.75, 3.05) is 13.1 Å². The number of hydrogen-bond acceptors (Lipinski definition) is 3. The minimum absolute atomic E-state index is 0.000545. The highest BCUT2D eigenvalue weighted by Crippen LogP contribution is 2.32. The topological polar surface area (TPSA) is 80.5 Å². The Morgan fingerprint density at radius 1 is 1.29 bits per heavy atom. The van der Waals surface area contributed by atoms with Crippen molar-refractivity contribution < 1.29 is 13.2 Å². The fourth-order valence-electron chi connectivity index (χ4n) is 2.32. The summed E-state index contributed by atoms with van der Waals surface area (Å²) in [4.78, 5) is 13.9. The van der Waals surface area contributed by atoms with Crippen LogP contribution in [-0.2, 0) is 10.0 Å². The lowest BCUT2D eigenvalue weighted by Gasteiger charge is -2.30. The van der Waals surface area contributed by atoms with Crippen LogP contribution >= 0.6 is 23.2 Å². The molecule has 0 unspecified atom stereocenters. The van der Waals surface area contributed by atoms with Crippen LogP contribution in [0.25, 0.3) is 0 Å². The van der Waals surface area contributed by atoms with Crippen molar-refractivity contribution in [2.24, 2.45) is 11.1 Å². The van der Waals surface area contributed by atoms with Crippen molar-refractivity contribution in [3.63, 3.8) is 0 Å². The summed E-state index contributed by atoms with van der Waals surface area (Å²) in [6.45, 7) is 3.34. The monoisotopic (exact) mass is 350 g/mol. The fourth-order valence-corrected chi connectivity index (χ4v) is 3.78. The molecule has 5 nitrogen and oxygen atoms in total. The number of carbonyl (C=O) groups is 1.